The van der Waals surface area contributed by atoms with Crippen LogP contribution in [0, 0.1) is 5.82 Å². The van der Waals surface area contributed by atoms with E-state index in [1.165, 1.54) is 17.0 Å². The van der Waals surface area contributed by atoms with Crippen LogP contribution in [0.4, 0.5) is 15.8 Å². The van der Waals surface area contributed by atoms with E-state index in [4.69, 9.17) is 4.74 Å². The number of para-hydroxylation sites is 1. The lowest BCUT2D eigenvalue weighted by Crippen LogP contribution is -2.19. The number of nitrogens with one attached hydrogen (secondary N) is 3. The Bertz CT molecular complexity index is 979. The first kappa shape index (κ1) is 19.5. The zero-order valence-corrected chi connectivity index (χ0v) is 16.3. The molecule has 0 bridgehead atoms. The van der Waals surface area contributed by atoms with Crippen LogP contribution in [0.5, 0.6) is 0 Å². The summed E-state index contributed by atoms with van der Waals surface area (Å²) < 4.78 is 19.8. The molecule has 5 nitrogen and oxygen atoms in total. The van der Waals surface area contributed by atoms with Crippen LogP contribution in [0.25, 0.3) is 10.9 Å². The van der Waals surface area contributed by atoms with Crippen LogP contribution >= 0.6 is 0 Å². The molecule has 1 unspecified atom stereocenters. The van der Waals surface area contributed by atoms with Gasteiger partial charge in [0.2, 0.25) is 5.91 Å². The number of H-pyrrole nitrogens is 1. The topological polar surface area (TPSA) is 66.2 Å². The van der Waals surface area contributed by atoms with Crippen LogP contribution < -0.4 is 10.6 Å². The Hall–Kier alpha value is -2.86. The maximum atomic E-state index is 14.3. The van der Waals surface area contributed by atoms with Gasteiger partial charge in [0.05, 0.1) is 11.8 Å². The first-order valence-corrected chi connectivity index (χ1v) is 10.2. The van der Waals surface area contributed by atoms with E-state index in [-0.39, 0.29) is 17.8 Å². The van der Waals surface area contributed by atoms with Gasteiger partial charge in [-0.25, -0.2) is 4.39 Å². The Labute approximate surface area is 169 Å². The molecule has 6 heteroatoms. The average molecular weight is 395 g/mol. The number of anilines is 2. The Morgan fingerprint density at radius 2 is 2.14 bits per heavy atom. The first-order valence-electron chi connectivity index (χ1n) is 10.2. The second-order valence-corrected chi connectivity index (χ2v) is 7.47. The maximum absolute atomic E-state index is 14.3. The monoisotopic (exact) mass is 395 g/mol. The summed E-state index contributed by atoms with van der Waals surface area (Å²) in [6.07, 6.45) is 6.14. The first-order chi connectivity index (χ1) is 14.2. The van der Waals surface area contributed by atoms with E-state index in [1.807, 2.05) is 24.4 Å². The van der Waals surface area contributed by atoms with Crippen molar-refractivity contribution in [2.24, 2.45) is 0 Å². The van der Waals surface area contributed by atoms with Crippen molar-refractivity contribution < 1.29 is 13.9 Å². The van der Waals surface area contributed by atoms with E-state index < -0.39 is 0 Å². The van der Waals surface area contributed by atoms with Gasteiger partial charge in [-0.1, -0.05) is 18.2 Å². The normalized spacial score (nSPS) is 16.2. The van der Waals surface area contributed by atoms with Gasteiger partial charge in [0.1, 0.15) is 5.82 Å². The fraction of sp³-hybridized carbons (Fsp3) is 0.348. The van der Waals surface area contributed by atoms with E-state index in [0.717, 1.165) is 37.8 Å². The predicted molar refractivity (Wildman–Crippen MR) is 114 cm³/mol. The number of aromatic nitrogens is 1. The number of benzene rings is 2. The number of aryl methyl sites for hydroxylation is 1. The van der Waals surface area contributed by atoms with E-state index in [9.17, 15) is 9.18 Å². The van der Waals surface area contributed by atoms with E-state index >= 15 is 0 Å². The standard InChI is InChI=1S/C23H26FN3O2/c24-20-13-17(10-11-22(20)26-15-18-6-4-12-29-18)27-23(28)9-3-5-16-14-25-21-8-2-1-7-19(16)21/h1-2,7-8,10-11,13-14,18,25-26H,3-6,9,12,15H2,(H,27,28). The fourth-order valence-electron chi connectivity index (χ4n) is 3.77. The van der Waals surface area contributed by atoms with Gasteiger partial charge in [0.15, 0.2) is 0 Å². The highest BCUT2D eigenvalue weighted by Gasteiger charge is 2.16. The Kier molecular flexibility index (Phi) is 6.10. The van der Waals surface area contributed by atoms with Crippen molar-refractivity contribution >= 4 is 28.2 Å². The van der Waals surface area contributed by atoms with Gasteiger partial charge in [-0.05, 0) is 55.5 Å². The molecule has 1 aromatic heterocycles. The van der Waals surface area contributed by atoms with Crippen LogP contribution in [0.3, 0.4) is 0 Å². The highest BCUT2D eigenvalue weighted by Crippen LogP contribution is 2.22. The third kappa shape index (κ3) is 4.95. The van der Waals surface area contributed by atoms with Crippen molar-refractivity contribution in [3.63, 3.8) is 0 Å². The summed E-state index contributed by atoms with van der Waals surface area (Å²) >= 11 is 0. The van der Waals surface area contributed by atoms with Crippen LogP contribution in [0.2, 0.25) is 0 Å². The van der Waals surface area contributed by atoms with Crippen LogP contribution in [-0.2, 0) is 16.0 Å². The Balaban J connectivity index is 1.25. The number of carbonyl (C=O) groups is 1. The van der Waals surface area contributed by atoms with Crippen LogP contribution in [0.1, 0.15) is 31.2 Å². The third-order valence-electron chi connectivity index (χ3n) is 5.32. The number of carbonyl (C=O) groups excluding carboxylic acids is 1. The van der Waals surface area contributed by atoms with Crippen molar-refractivity contribution in [3.05, 3.63) is 60.0 Å². The second-order valence-electron chi connectivity index (χ2n) is 7.47. The smallest absolute Gasteiger partial charge is 0.224 e. The van der Waals surface area contributed by atoms with Crippen molar-refractivity contribution in [2.75, 3.05) is 23.8 Å². The molecule has 2 aromatic carbocycles. The summed E-state index contributed by atoms with van der Waals surface area (Å²) in [5.41, 5.74) is 3.22. The van der Waals surface area contributed by atoms with E-state index in [0.29, 0.717) is 24.3 Å². The molecule has 1 aliphatic rings. The molecule has 0 radical (unpaired) electrons. The number of hydrogen-bond acceptors (Lipinski definition) is 3. The van der Waals surface area contributed by atoms with E-state index in [2.05, 4.69) is 21.7 Å². The molecule has 4 rings (SSSR count). The zero-order valence-electron chi connectivity index (χ0n) is 16.3. The number of rotatable bonds is 8. The summed E-state index contributed by atoms with van der Waals surface area (Å²) in [5, 5.41) is 7.06. The molecular weight excluding hydrogens is 369 g/mol. The lowest BCUT2D eigenvalue weighted by molar-refractivity contribution is -0.116. The summed E-state index contributed by atoms with van der Waals surface area (Å²) in [4.78, 5) is 15.5. The van der Waals surface area contributed by atoms with Gasteiger partial charge < -0.3 is 20.4 Å². The number of hydrogen-bond donors (Lipinski definition) is 3. The van der Waals surface area contributed by atoms with Gasteiger partial charge in [0.25, 0.3) is 0 Å². The number of ether oxygens (including phenoxy) is 1. The molecule has 1 aliphatic heterocycles. The second kappa shape index (κ2) is 9.09. The minimum absolute atomic E-state index is 0.107. The molecule has 0 aliphatic carbocycles. The van der Waals surface area contributed by atoms with Crippen molar-refractivity contribution in [3.8, 4) is 0 Å². The van der Waals surface area contributed by atoms with Crippen molar-refractivity contribution in [1.29, 1.82) is 0 Å². The largest absolute Gasteiger partial charge is 0.380 e. The number of amides is 1. The maximum Gasteiger partial charge on any atom is 0.224 e. The molecule has 2 heterocycles. The predicted octanol–water partition coefficient (Wildman–Crippen LogP) is 4.86. The molecule has 3 aromatic rings. The van der Waals surface area contributed by atoms with Gasteiger partial charge in [-0.15, -0.1) is 0 Å². The summed E-state index contributed by atoms with van der Waals surface area (Å²) in [6, 6.07) is 12.9. The summed E-state index contributed by atoms with van der Waals surface area (Å²) in [7, 11) is 0. The van der Waals surface area contributed by atoms with Crippen LogP contribution in [-0.4, -0.2) is 30.1 Å². The van der Waals surface area contributed by atoms with Gasteiger partial charge >= 0.3 is 0 Å². The average Bonchev–Trinajstić information content (AvgIpc) is 3.38. The molecular formula is C23H26FN3O2. The Morgan fingerprint density at radius 3 is 2.97 bits per heavy atom. The quantitative estimate of drug-likeness (QED) is 0.510. The molecule has 1 amide bonds. The van der Waals surface area contributed by atoms with Gasteiger partial charge in [0, 0.05) is 42.4 Å². The minimum atomic E-state index is -0.375. The molecule has 29 heavy (non-hydrogen) atoms. The molecule has 1 fully saturated rings. The molecule has 152 valence electrons. The molecule has 0 spiro atoms. The van der Waals surface area contributed by atoms with Crippen molar-refractivity contribution in [2.45, 2.75) is 38.2 Å². The van der Waals surface area contributed by atoms with Gasteiger partial charge in [-0.2, -0.15) is 0 Å². The molecule has 1 atom stereocenters. The fourth-order valence-corrected chi connectivity index (χ4v) is 3.77. The zero-order chi connectivity index (χ0) is 20.1. The minimum Gasteiger partial charge on any atom is -0.380 e. The highest BCUT2D eigenvalue weighted by molar-refractivity contribution is 5.91. The molecule has 1 saturated heterocycles. The molecule has 0 saturated carbocycles. The van der Waals surface area contributed by atoms with Gasteiger partial charge in [-0.3, -0.25) is 4.79 Å². The van der Waals surface area contributed by atoms with Crippen LogP contribution in [0.15, 0.2) is 48.7 Å². The summed E-state index contributed by atoms with van der Waals surface area (Å²) in [6.45, 7) is 1.37. The SMILES string of the molecule is O=C(CCCc1c[nH]c2ccccc12)Nc1ccc(NCC2CCCO2)c(F)c1. The highest BCUT2D eigenvalue weighted by atomic mass is 19.1. The number of aromatic amines is 1. The number of halogens is 1. The summed E-state index contributed by atoms with van der Waals surface area (Å²) in [5.74, 6) is -0.483. The third-order valence-corrected chi connectivity index (χ3v) is 5.32. The van der Waals surface area contributed by atoms with Crippen molar-refractivity contribution in [1.82, 2.24) is 4.98 Å². The molecule has 3 N–H and O–H groups in total. The Morgan fingerprint density at radius 1 is 1.24 bits per heavy atom. The van der Waals surface area contributed by atoms with E-state index in [1.54, 1.807) is 12.1 Å². The lowest BCUT2D eigenvalue weighted by Gasteiger charge is -2.13. The number of fused-ring (bicyclic) bond motifs is 1. The lowest BCUT2D eigenvalue weighted by atomic mass is 10.1.